The second kappa shape index (κ2) is 5.67. The predicted octanol–water partition coefficient (Wildman–Crippen LogP) is 5.58. The van der Waals surface area contributed by atoms with Gasteiger partial charge in [0.15, 0.2) is 0 Å². The SMILES string of the molecule is Cc1cc(C)c2nc(-c3ccc([N+](=O)[O-])cc3)c3ccccc3c2c1. The summed E-state index contributed by atoms with van der Waals surface area (Å²) in [6.45, 7) is 4.15. The quantitative estimate of drug-likeness (QED) is 0.274. The molecule has 0 spiro atoms. The molecular weight excluding hydrogens is 312 g/mol. The number of aromatic nitrogens is 1. The molecule has 0 fully saturated rings. The highest BCUT2D eigenvalue weighted by Crippen LogP contribution is 2.34. The van der Waals surface area contributed by atoms with Crippen molar-refractivity contribution in [3.05, 3.63) is 81.9 Å². The fraction of sp³-hybridized carbons (Fsp3) is 0.0952. The number of nitro benzene ring substituents is 1. The normalized spacial score (nSPS) is 11.1. The van der Waals surface area contributed by atoms with Gasteiger partial charge in [-0.2, -0.15) is 0 Å². The highest BCUT2D eigenvalue weighted by Gasteiger charge is 2.13. The van der Waals surface area contributed by atoms with Crippen molar-refractivity contribution in [3.8, 4) is 11.3 Å². The lowest BCUT2D eigenvalue weighted by Crippen LogP contribution is -1.93. The van der Waals surface area contributed by atoms with Gasteiger partial charge in [0.1, 0.15) is 0 Å². The Morgan fingerprint density at radius 2 is 1.56 bits per heavy atom. The first kappa shape index (κ1) is 15.3. The van der Waals surface area contributed by atoms with Gasteiger partial charge in [0.2, 0.25) is 0 Å². The van der Waals surface area contributed by atoms with Gasteiger partial charge in [-0.25, -0.2) is 4.98 Å². The summed E-state index contributed by atoms with van der Waals surface area (Å²) >= 11 is 0. The average molecular weight is 328 g/mol. The maximum absolute atomic E-state index is 10.9. The molecule has 0 unspecified atom stereocenters. The molecule has 0 aliphatic rings. The molecule has 25 heavy (non-hydrogen) atoms. The molecule has 0 aliphatic carbocycles. The summed E-state index contributed by atoms with van der Waals surface area (Å²) in [5.41, 5.74) is 5.12. The van der Waals surface area contributed by atoms with E-state index in [4.69, 9.17) is 4.98 Å². The van der Waals surface area contributed by atoms with E-state index in [2.05, 4.69) is 38.1 Å². The van der Waals surface area contributed by atoms with Crippen molar-refractivity contribution in [2.45, 2.75) is 13.8 Å². The van der Waals surface area contributed by atoms with Crippen molar-refractivity contribution in [3.63, 3.8) is 0 Å². The van der Waals surface area contributed by atoms with Crippen molar-refractivity contribution in [2.75, 3.05) is 0 Å². The fourth-order valence-corrected chi connectivity index (χ4v) is 3.37. The molecule has 0 saturated heterocycles. The van der Waals surface area contributed by atoms with Gasteiger partial charge in [0.05, 0.1) is 16.1 Å². The minimum Gasteiger partial charge on any atom is -0.258 e. The first-order valence-corrected chi connectivity index (χ1v) is 8.09. The van der Waals surface area contributed by atoms with Crippen LogP contribution in [0.4, 0.5) is 5.69 Å². The van der Waals surface area contributed by atoms with E-state index in [1.54, 1.807) is 12.1 Å². The Morgan fingerprint density at radius 1 is 0.880 bits per heavy atom. The molecule has 0 atom stereocenters. The number of hydrogen-bond donors (Lipinski definition) is 0. The number of nitrogens with zero attached hydrogens (tertiary/aromatic N) is 2. The fourth-order valence-electron chi connectivity index (χ4n) is 3.37. The monoisotopic (exact) mass is 328 g/mol. The summed E-state index contributed by atoms with van der Waals surface area (Å²) in [5.74, 6) is 0. The van der Waals surface area contributed by atoms with Crippen LogP contribution in [0.15, 0.2) is 60.7 Å². The Kier molecular flexibility index (Phi) is 3.46. The van der Waals surface area contributed by atoms with Gasteiger partial charge in [-0.1, -0.05) is 35.9 Å². The third-order valence-corrected chi connectivity index (χ3v) is 4.49. The Balaban J connectivity index is 2.07. The van der Waals surface area contributed by atoms with Crippen LogP contribution < -0.4 is 0 Å². The Morgan fingerprint density at radius 3 is 2.24 bits per heavy atom. The summed E-state index contributed by atoms with van der Waals surface area (Å²) in [6.07, 6.45) is 0. The van der Waals surface area contributed by atoms with E-state index >= 15 is 0 Å². The van der Waals surface area contributed by atoms with Crippen LogP contribution in [-0.4, -0.2) is 9.91 Å². The van der Waals surface area contributed by atoms with E-state index in [-0.39, 0.29) is 10.6 Å². The molecule has 0 radical (unpaired) electrons. The van der Waals surface area contributed by atoms with Crippen LogP contribution in [0.25, 0.3) is 32.9 Å². The van der Waals surface area contributed by atoms with E-state index in [1.807, 2.05) is 12.1 Å². The molecule has 4 rings (SSSR count). The first-order chi connectivity index (χ1) is 12.0. The van der Waals surface area contributed by atoms with Gasteiger partial charge in [-0.05, 0) is 43.0 Å². The summed E-state index contributed by atoms with van der Waals surface area (Å²) in [5, 5.41) is 14.2. The highest BCUT2D eigenvalue weighted by molar-refractivity contribution is 6.11. The number of hydrogen-bond acceptors (Lipinski definition) is 3. The van der Waals surface area contributed by atoms with Gasteiger partial charge in [0, 0.05) is 28.5 Å². The number of nitro groups is 1. The molecule has 1 aromatic heterocycles. The average Bonchev–Trinajstić information content (AvgIpc) is 2.61. The van der Waals surface area contributed by atoms with Crippen LogP contribution in [0.1, 0.15) is 11.1 Å². The van der Waals surface area contributed by atoms with E-state index < -0.39 is 0 Å². The number of non-ortho nitro benzene ring substituents is 1. The molecule has 4 aromatic rings. The lowest BCUT2D eigenvalue weighted by atomic mass is 9.97. The van der Waals surface area contributed by atoms with Gasteiger partial charge in [-0.3, -0.25) is 10.1 Å². The summed E-state index contributed by atoms with van der Waals surface area (Å²) in [4.78, 5) is 15.4. The Bertz CT molecular complexity index is 1130. The van der Waals surface area contributed by atoms with Crippen molar-refractivity contribution in [2.24, 2.45) is 0 Å². The maximum atomic E-state index is 10.9. The summed E-state index contributed by atoms with van der Waals surface area (Å²) in [6, 6.07) is 19.1. The Hall–Kier alpha value is -3.27. The number of fused-ring (bicyclic) bond motifs is 3. The molecule has 0 bridgehead atoms. The molecule has 0 saturated carbocycles. The zero-order valence-corrected chi connectivity index (χ0v) is 14.0. The second-order valence-electron chi connectivity index (χ2n) is 6.29. The molecule has 3 aromatic carbocycles. The van der Waals surface area contributed by atoms with Crippen LogP contribution in [0.3, 0.4) is 0 Å². The number of aryl methyl sites for hydroxylation is 2. The van der Waals surface area contributed by atoms with Crippen molar-refractivity contribution in [1.29, 1.82) is 0 Å². The maximum Gasteiger partial charge on any atom is 0.269 e. The largest absolute Gasteiger partial charge is 0.269 e. The first-order valence-electron chi connectivity index (χ1n) is 8.09. The zero-order chi connectivity index (χ0) is 17.6. The molecule has 0 amide bonds. The number of rotatable bonds is 2. The minimum absolute atomic E-state index is 0.0839. The van der Waals surface area contributed by atoms with Crippen LogP contribution >= 0.6 is 0 Å². The van der Waals surface area contributed by atoms with Crippen molar-refractivity contribution < 1.29 is 4.92 Å². The molecule has 1 heterocycles. The lowest BCUT2D eigenvalue weighted by Gasteiger charge is -2.12. The van der Waals surface area contributed by atoms with Gasteiger partial charge in [0.25, 0.3) is 5.69 Å². The van der Waals surface area contributed by atoms with E-state index in [0.29, 0.717) is 0 Å². The standard InChI is InChI=1S/C21H16N2O2/c1-13-11-14(2)20-19(12-13)17-5-3-4-6-18(17)21(22-20)15-7-9-16(10-8-15)23(24)25/h3-12H,1-2H3. The third-order valence-electron chi connectivity index (χ3n) is 4.49. The molecule has 0 aliphatic heterocycles. The number of pyridine rings is 1. The van der Waals surface area contributed by atoms with Crippen LogP contribution in [-0.2, 0) is 0 Å². The second-order valence-corrected chi connectivity index (χ2v) is 6.29. The van der Waals surface area contributed by atoms with Gasteiger partial charge < -0.3 is 0 Å². The molecule has 4 heteroatoms. The van der Waals surface area contributed by atoms with Gasteiger partial charge in [-0.15, -0.1) is 0 Å². The minimum atomic E-state index is -0.386. The van der Waals surface area contributed by atoms with Crippen molar-refractivity contribution in [1.82, 2.24) is 4.98 Å². The van der Waals surface area contributed by atoms with E-state index in [0.717, 1.165) is 38.5 Å². The smallest absolute Gasteiger partial charge is 0.258 e. The molecule has 122 valence electrons. The summed E-state index contributed by atoms with van der Waals surface area (Å²) in [7, 11) is 0. The summed E-state index contributed by atoms with van der Waals surface area (Å²) < 4.78 is 0. The third kappa shape index (κ3) is 2.52. The van der Waals surface area contributed by atoms with Crippen molar-refractivity contribution >= 4 is 27.4 Å². The predicted molar refractivity (Wildman–Crippen MR) is 101 cm³/mol. The van der Waals surface area contributed by atoms with E-state index in [1.165, 1.54) is 17.7 Å². The highest BCUT2D eigenvalue weighted by atomic mass is 16.6. The van der Waals surface area contributed by atoms with E-state index in [9.17, 15) is 10.1 Å². The molecule has 0 N–H and O–H groups in total. The topological polar surface area (TPSA) is 56.0 Å². The van der Waals surface area contributed by atoms with Gasteiger partial charge >= 0.3 is 0 Å². The molecular formula is C21H16N2O2. The zero-order valence-electron chi connectivity index (χ0n) is 14.0. The number of benzene rings is 3. The van der Waals surface area contributed by atoms with Crippen LogP contribution in [0.5, 0.6) is 0 Å². The van der Waals surface area contributed by atoms with Crippen LogP contribution in [0, 0.1) is 24.0 Å². The lowest BCUT2D eigenvalue weighted by molar-refractivity contribution is -0.384. The van der Waals surface area contributed by atoms with Crippen LogP contribution in [0.2, 0.25) is 0 Å². The Labute approximate surface area is 144 Å². The molecule has 4 nitrogen and oxygen atoms in total.